The number of methoxy groups -OCH3 is 1. The summed E-state index contributed by atoms with van der Waals surface area (Å²) >= 11 is 0. The zero-order valence-electron chi connectivity index (χ0n) is 12.1. The van der Waals surface area contributed by atoms with Crippen LogP contribution in [0.5, 0.6) is 5.75 Å². The molecule has 0 radical (unpaired) electrons. The SMILES string of the molecule is COc1ccc2[nH]cc([C@@H](C(=O)O)N3CCCCC3)c2c1. The van der Waals surface area contributed by atoms with Gasteiger partial charge in [-0.3, -0.25) is 9.69 Å². The highest BCUT2D eigenvalue weighted by Crippen LogP contribution is 2.32. The Morgan fingerprint density at radius 1 is 1.33 bits per heavy atom. The van der Waals surface area contributed by atoms with Crippen molar-refractivity contribution >= 4 is 16.9 Å². The molecule has 1 fully saturated rings. The molecule has 112 valence electrons. The Labute approximate surface area is 123 Å². The number of piperidine rings is 1. The van der Waals surface area contributed by atoms with Crippen LogP contribution in [0.1, 0.15) is 30.9 Å². The second kappa shape index (κ2) is 5.77. The Morgan fingerprint density at radius 2 is 2.10 bits per heavy atom. The zero-order valence-corrected chi connectivity index (χ0v) is 12.1. The van der Waals surface area contributed by atoms with E-state index in [2.05, 4.69) is 9.88 Å². The van der Waals surface area contributed by atoms with Crippen LogP contribution in [0.4, 0.5) is 0 Å². The van der Waals surface area contributed by atoms with Crippen molar-refractivity contribution in [2.45, 2.75) is 25.3 Å². The van der Waals surface area contributed by atoms with Gasteiger partial charge in [0.25, 0.3) is 0 Å². The maximum absolute atomic E-state index is 11.8. The van der Waals surface area contributed by atoms with E-state index in [1.54, 1.807) is 7.11 Å². The minimum atomic E-state index is -0.791. The normalized spacial score (nSPS) is 17.8. The standard InChI is InChI=1S/C16H20N2O3/c1-21-11-5-6-14-12(9-11)13(10-17-14)15(16(19)20)18-7-3-2-4-8-18/h5-6,9-10,15,17H,2-4,7-8H2,1H3,(H,19,20)/t15-/m0/s1. The molecule has 1 aromatic heterocycles. The summed E-state index contributed by atoms with van der Waals surface area (Å²) in [5.74, 6) is -0.0493. The van der Waals surface area contributed by atoms with Crippen molar-refractivity contribution in [3.63, 3.8) is 0 Å². The van der Waals surface area contributed by atoms with Crippen molar-refractivity contribution in [1.29, 1.82) is 0 Å². The van der Waals surface area contributed by atoms with Crippen LogP contribution < -0.4 is 4.74 Å². The Balaban J connectivity index is 2.04. The van der Waals surface area contributed by atoms with E-state index in [9.17, 15) is 9.90 Å². The number of ether oxygens (including phenoxy) is 1. The molecule has 5 nitrogen and oxygen atoms in total. The summed E-state index contributed by atoms with van der Waals surface area (Å²) in [6, 6.07) is 5.11. The van der Waals surface area contributed by atoms with Crippen molar-refractivity contribution < 1.29 is 14.6 Å². The molecule has 1 atom stereocenters. The van der Waals surface area contributed by atoms with Gasteiger partial charge in [0, 0.05) is 22.7 Å². The van der Waals surface area contributed by atoms with Crippen LogP contribution in [0.2, 0.25) is 0 Å². The average molecular weight is 288 g/mol. The number of carboxylic acid groups (broad SMARTS) is 1. The van der Waals surface area contributed by atoms with E-state index < -0.39 is 12.0 Å². The molecule has 5 heteroatoms. The number of carboxylic acids is 1. The van der Waals surface area contributed by atoms with E-state index in [-0.39, 0.29) is 0 Å². The first kappa shape index (κ1) is 13.9. The molecule has 1 saturated heterocycles. The number of benzene rings is 1. The Bertz CT molecular complexity index is 644. The first-order chi connectivity index (χ1) is 10.2. The number of H-pyrrole nitrogens is 1. The van der Waals surface area contributed by atoms with Crippen molar-refractivity contribution in [2.75, 3.05) is 20.2 Å². The molecule has 0 unspecified atom stereocenters. The van der Waals surface area contributed by atoms with Gasteiger partial charge in [-0.2, -0.15) is 0 Å². The average Bonchev–Trinajstić information content (AvgIpc) is 2.91. The van der Waals surface area contributed by atoms with Crippen molar-refractivity contribution in [3.05, 3.63) is 30.0 Å². The number of aliphatic carboxylic acids is 1. The highest BCUT2D eigenvalue weighted by molar-refractivity contribution is 5.90. The summed E-state index contributed by atoms with van der Waals surface area (Å²) in [6.07, 6.45) is 5.13. The van der Waals surface area contributed by atoms with Crippen LogP contribution in [0, 0.1) is 0 Å². The van der Waals surface area contributed by atoms with Crippen LogP contribution in [0.25, 0.3) is 10.9 Å². The Morgan fingerprint density at radius 3 is 2.76 bits per heavy atom. The number of nitrogens with zero attached hydrogens (tertiary/aromatic N) is 1. The quantitative estimate of drug-likeness (QED) is 0.908. The number of aromatic nitrogens is 1. The smallest absolute Gasteiger partial charge is 0.325 e. The van der Waals surface area contributed by atoms with Gasteiger partial charge in [0.15, 0.2) is 0 Å². The van der Waals surface area contributed by atoms with Gasteiger partial charge in [-0.25, -0.2) is 0 Å². The predicted molar refractivity (Wildman–Crippen MR) is 80.7 cm³/mol. The molecule has 21 heavy (non-hydrogen) atoms. The third kappa shape index (κ3) is 2.61. The van der Waals surface area contributed by atoms with E-state index in [0.29, 0.717) is 0 Å². The number of rotatable bonds is 4. The minimum absolute atomic E-state index is 0.592. The molecule has 3 rings (SSSR count). The van der Waals surface area contributed by atoms with Gasteiger partial charge < -0.3 is 14.8 Å². The number of fused-ring (bicyclic) bond motifs is 1. The van der Waals surface area contributed by atoms with Gasteiger partial charge in [0.1, 0.15) is 11.8 Å². The van der Waals surface area contributed by atoms with Gasteiger partial charge in [0.2, 0.25) is 0 Å². The Hall–Kier alpha value is -2.01. The number of nitrogens with one attached hydrogen (secondary N) is 1. The summed E-state index contributed by atoms with van der Waals surface area (Å²) < 4.78 is 5.26. The molecule has 2 aromatic rings. The molecule has 0 aliphatic carbocycles. The second-order valence-electron chi connectivity index (χ2n) is 5.49. The molecule has 0 saturated carbocycles. The molecule has 1 aliphatic rings. The molecule has 1 aliphatic heterocycles. The third-order valence-electron chi connectivity index (χ3n) is 4.21. The van der Waals surface area contributed by atoms with Gasteiger partial charge in [-0.1, -0.05) is 6.42 Å². The minimum Gasteiger partial charge on any atom is -0.497 e. The van der Waals surface area contributed by atoms with E-state index in [0.717, 1.165) is 48.1 Å². The fraction of sp³-hybridized carbons (Fsp3) is 0.438. The van der Waals surface area contributed by atoms with Gasteiger partial charge in [-0.05, 0) is 44.1 Å². The van der Waals surface area contributed by atoms with Crippen molar-refractivity contribution in [1.82, 2.24) is 9.88 Å². The third-order valence-corrected chi connectivity index (χ3v) is 4.21. The molecule has 0 bridgehead atoms. The lowest BCUT2D eigenvalue weighted by atomic mass is 10.0. The summed E-state index contributed by atoms with van der Waals surface area (Å²) in [5.41, 5.74) is 1.76. The molecular weight excluding hydrogens is 268 g/mol. The first-order valence-electron chi connectivity index (χ1n) is 7.32. The molecular formula is C16H20N2O3. The Kier molecular flexibility index (Phi) is 3.84. The number of aromatic amines is 1. The first-order valence-corrected chi connectivity index (χ1v) is 7.32. The maximum atomic E-state index is 11.8. The fourth-order valence-corrected chi connectivity index (χ4v) is 3.14. The van der Waals surface area contributed by atoms with Gasteiger partial charge in [0.05, 0.1) is 7.11 Å². The lowest BCUT2D eigenvalue weighted by molar-refractivity contribution is -0.144. The number of hydrogen-bond donors (Lipinski definition) is 2. The number of likely N-dealkylation sites (tertiary alicyclic amines) is 1. The predicted octanol–water partition coefficient (Wildman–Crippen LogP) is 2.79. The lowest BCUT2D eigenvalue weighted by Crippen LogP contribution is -2.37. The van der Waals surface area contributed by atoms with E-state index in [1.807, 2.05) is 24.4 Å². The molecule has 0 amide bonds. The summed E-state index contributed by atoms with van der Waals surface area (Å²) in [7, 11) is 1.62. The summed E-state index contributed by atoms with van der Waals surface area (Å²) in [6.45, 7) is 1.68. The molecule has 2 N–H and O–H groups in total. The summed E-state index contributed by atoms with van der Waals surface area (Å²) in [5, 5.41) is 10.6. The van der Waals surface area contributed by atoms with Crippen LogP contribution in [0.15, 0.2) is 24.4 Å². The number of hydrogen-bond acceptors (Lipinski definition) is 3. The number of carbonyl (C=O) groups is 1. The fourth-order valence-electron chi connectivity index (χ4n) is 3.14. The molecule has 1 aromatic carbocycles. The van der Waals surface area contributed by atoms with Crippen molar-refractivity contribution in [2.24, 2.45) is 0 Å². The topological polar surface area (TPSA) is 65.6 Å². The highest BCUT2D eigenvalue weighted by Gasteiger charge is 2.30. The van der Waals surface area contributed by atoms with E-state index in [1.165, 1.54) is 6.42 Å². The highest BCUT2D eigenvalue weighted by atomic mass is 16.5. The van der Waals surface area contributed by atoms with E-state index >= 15 is 0 Å². The monoisotopic (exact) mass is 288 g/mol. The van der Waals surface area contributed by atoms with Crippen LogP contribution in [-0.2, 0) is 4.79 Å². The van der Waals surface area contributed by atoms with Crippen LogP contribution in [0.3, 0.4) is 0 Å². The maximum Gasteiger partial charge on any atom is 0.325 e. The van der Waals surface area contributed by atoms with Crippen molar-refractivity contribution in [3.8, 4) is 5.75 Å². The lowest BCUT2D eigenvalue weighted by Gasteiger charge is -2.31. The van der Waals surface area contributed by atoms with Crippen LogP contribution in [-0.4, -0.2) is 41.2 Å². The van der Waals surface area contributed by atoms with Gasteiger partial charge >= 0.3 is 5.97 Å². The second-order valence-corrected chi connectivity index (χ2v) is 5.49. The van der Waals surface area contributed by atoms with Crippen LogP contribution >= 0.6 is 0 Å². The van der Waals surface area contributed by atoms with E-state index in [4.69, 9.17) is 4.74 Å². The molecule has 2 heterocycles. The largest absolute Gasteiger partial charge is 0.497 e. The molecule has 0 spiro atoms. The zero-order chi connectivity index (χ0) is 14.8. The van der Waals surface area contributed by atoms with Gasteiger partial charge in [-0.15, -0.1) is 0 Å². The summed E-state index contributed by atoms with van der Waals surface area (Å²) in [4.78, 5) is 17.0.